The van der Waals surface area contributed by atoms with E-state index in [1.54, 1.807) is 24.4 Å². The van der Waals surface area contributed by atoms with Crippen LogP contribution in [0.25, 0.3) is 0 Å². The van der Waals surface area contributed by atoms with E-state index in [2.05, 4.69) is 10.3 Å². The van der Waals surface area contributed by atoms with Gasteiger partial charge in [0.1, 0.15) is 16.6 Å². The summed E-state index contributed by atoms with van der Waals surface area (Å²) in [7, 11) is 0. The first-order valence-electron chi connectivity index (χ1n) is 6.83. The van der Waals surface area contributed by atoms with Gasteiger partial charge in [0.25, 0.3) is 5.91 Å². The van der Waals surface area contributed by atoms with E-state index in [0.29, 0.717) is 19.9 Å². The van der Waals surface area contributed by atoms with E-state index >= 15 is 0 Å². The Bertz CT molecular complexity index is 854. The van der Waals surface area contributed by atoms with E-state index in [-0.39, 0.29) is 5.56 Å². The quantitative estimate of drug-likeness (QED) is 0.682. The summed E-state index contributed by atoms with van der Waals surface area (Å²) in [5, 5.41) is 3.47. The zero-order valence-corrected chi connectivity index (χ0v) is 13.9. The van der Waals surface area contributed by atoms with E-state index < -0.39 is 22.9 Å². The Balaban J connectivity index is 1.93. The summed E-state index contributed by atoms with van der Waals surface area (Å²) in [6.45, 7) is 0. The number of carbonyl (C=O) groups is 1. The number of benzene rings is 1. The van der Waals surface area contributed by atoms with Crippen LogP contribution in [0.1, 0.15) is 10.4 Å². The Morgan fingerprint density at radius 3 is 2.62 bits per heavy atom. The molecule has 0 bridgehead atoms. The lowest BCUT2D eigenvalue weighted by molar-refractivity contribution is 0.100. The number of aromatic nitrogens is 1. The molecule has 1 aromatic carbocycles. The fourth-order valence-electron chi connectivity index (χ4n) is 1.96. The monoisotopic (exact) mass is 361 g/mol. The average Bonchev–Trinajstić information content (AvgIpc) is 3.00. The third kappa shape index (κ3) is 3.56. The van der Waals surface area contributed by atoms with E-state index in [9.17, 15) is 13.7 Å². The van der Waals surface area contributed by atoms with Crippen LogP contribution in [-0.4, -0.2) is 15.4 Å². The molecule has 0 aliphatic rings. The molecular weight excluding hydrogens is 349 g/mol. The lowest BCUT2D eigenvalue weighted by Crippen LogP contribution is -2.11. The first-order chi connectivity index (χ1) is 11.5. The number of halogens is 1. The van der Waals surface area contributed by atoms with Gasteiger partial charge in [-0.1, -0.05) is 17.4 Å². The van der Waals surface area contributed by atoms with Crippen molar-refractivity contribution in [3.63, 3.8) is 0 Å². The molecule has 0 spiro atoms. The normalized spacial score (nSPS) is 11.9. The molecule has 0 fully saturated rings. The third-order valence-corrected chi connectivity index (χ3v) is 5.82. The molecule has 0 radical (unpaired) electrons. The van der Waals surface area contributed by atoms with Crippen molar-refractivity contribution in [1.82, 2.24) is 4.98 Å². The lowest BCUT2D eigenvalue weighted by Gasteiger charge is -2.06. The van der Waals surface area contributed by atoms with Crippen molar-refractivity contribution in [2.24, 2.45) is 5.73 Å². The van der Waals surface area contributed by atoms with Crippen molar-refractivity contribution in [2.75, 3.05) is 5.32 Å². The maximum atomic E-state index is 13.0. The van der Waals surface area contributed by atoms with Crippen LogP contribution < -0.4 is 11.1 Å². The van der Waals surface area contributed by atoms with Crippen LogP contribution in [0.15, 0.2) is 63.8 Å². The number of carbonyl (C=O) groups excluding carboxylic acids is 1. The predicted octanol–water partition coefficient (Wildman–Crippen LogP) is 3.29. The molecule has 3 rings (SSSR count). The minimum absolute atomic E-state index is 0.233. The Kier molecular flexibility index (Phi) is 4.79. The van der Waals surface area contributed by atoms with Crippen LogP contribution in [0, 0.1) is 5.82 Å². The van der Waals surface area contributed by atoms with Gasteiger partial charge >= 0.3 is 0 Å². The highest BCUT2D eigenvalue weighted by Gasteiger charge is 2.23. The van der Waals surface area contributed by atoms with Crippen molar-refractivity contribution >= 4 is 39.2 Å². The molecular formula is C16H12FN3O2S2. The number of pyridine rings is 1. The maximum absolute atomic E-state index is 13.0. The maximum Gasteiger partial charge on any atom is 0.251 e. The standard InChI is InChI=1S/C16H12FN3O2S2/c17-10-4-6-11(7-5-10)24(22)14-9-12(15(18)21)16(23-14)20-13-3-1-2-8-19-13/h1-9H,(H2,18,21)(H,19,20). The summed E-state index contributed by atoms with van der Waals surface area (Å²) in [6.07, 6.45) is 1.61. The zero-order chi connectivity index (χ0) is 17.1. The Labute approximate surface area is 144 Å². The molecule has 2 aromatic heterocycles. The minimum Gasteiger partial charge on any atom is -0.606 e. The number of hydrogen-bond acceptors (Lipinski definition) is 5. The van der Waals surface area contributed by atoms with Crippen LogP contribution in [0.4, 0.5) is 15.2 Å². The number of anilines is 2. The van der Waals surface area contributed by atoms with Crippen LogP contribution in [-0.2, 0) is 11.2 Å². The summed E-state index contributed by atoms with van der Waals surface area (Å²) in [4.78, 5) is 16.2. The molecule has 24 heavy (non-hydrogen) atoms. The second-order valence-electron chi connectivity index (χ2n) is 4.74. The SMILES string of the molecule is NC(=O)c1cc([S+]([O-])c2ccc(F)cc2)sc1Nc1ccccn1. The number of nitrogens with zero attached hydrogens (tertiary/aromatic N) is 1. The molecule has 0 aliphatic heterocycles. The number of rotatable bonds is 5. The summed E-state index contributed by atoms with van der Waals surface area (Å²) < 4.78 is 26.0. The molecule has 0 saturated carbocycles. The minimum atomic E-state index is -1.54. The second kappa shape index (κ2) is 7.00. The van der Waals surface area contributed by atoms with Crippen LogP contribution >= 0.6 is 11.3 Å². The first-order valence-corrected chi connectivity index (χ1v) is 8.80. The highest BCUT2D eigenvalue weighted by Crippen LogP contribution is 2.35. The third-order valence-electron chi connectivity index (χ3n) is 3.09. The van der Waals surface area contributed by atoms with Gasteiger partial charge < -0.3 is 15.6 Å². The van der Waals surface area contributed by atoms with Gasteiger partial charge in [-0.15, -0.1) is 0 Å². The molecule has 2 heterocycles. The van der Waals surface area contributed by atoms with E-state index in [4.69, 9.17) is 5.73 Å². The average molecular weight is 361 g/mol. The largest absolute Gasteiger partial charge is 0.606 e. The number of hydrogen-bond donors (Lipinski definition) is 2. The lowest BCUT2D eigenvalue weighted by atomic mass is 10.3. The van der Waals surface area contributed by atoms with Gasteiger partial charge in [-0.2, -0.15) is 0 Å². The number of thiophene rings is 1. The molecule has 0 aliphatic carbocycles. The Hall–Kier alpha value is -2.42. The Morgan fingerprint density at radius 1 is 1.25 bits per heavy atom. The zero-order valence-electron chi connectivity index (χ0n) is 12.2. The van der Waals surface area contributed by atoms with Gasteiger partial charge in [-0.3, -0.25) is 4.79 Å². The molecule has 1 unspecified atom stereocenters. The van der Waals surface area contributed by atoms with E-state index in [0.717, 1.165) is 11.3 Å². The van der Waals surface area contributed by atoms with Crippen molar-refractivity contribution in [3.8, 4) is 0 Å². The number of nitrogens with two attached hydrogens (primary N) is 1. The molecule has 1 atom stereocenters. The number of nitrogens with one attached hydrogen (secondary N) is 1. The van der Waals surface area contributed by atoms with Crippen LogP contribution in [0.5, 0.6) is 0 Å². The molecule has 8 heteroatoms. The highest BCUT2D eigenvalue weighted by atomic mass is 32.2. The fourth-order valence-corrected chi connectivity index (χ4v) is 4.45. The summed E-state index contributed by atoms with van der Waals surface area (Å²) in [5.74, 6) is -0.495. The second-order valence-corrected chi connectivity index (χ2v) is 7.49. The van der Waals surface area contributed by atoms with Gasteiger partial charge in [0.2, 0.25) is 4.21 Å². The Morgan fingerprint density at radius 2 is 2.00 bits per heavy atom. The smallest absolute Gasteiger partial charge is 0.251 e. The molecule has 122 valence electrons. The fraction of sp³-hybridized carbons (Fsp3) is 0. The van der Waals surface area contributed by atoms with Crippen LogP contribution in [0.2, 0.25) is 0 Å². The predicted molar refractivity (Wildman–Crippen MR) is 91.4 cm³/mol. The highest BCUT2D eigenvalue weighted by molar-refractivity contribution is 7.93. The molecule has 3 N–H and O–H groups in total. The summed E-state index contributed by atoms with van der Waals surface area (Å²) >= 11 is -0.391. The topological polar surface area (TPSA) is 91.1 Å². The van der Waals surface area contributed by atoms with Crippen LogP contribution in [0.3, 0.4) is 0 Å². The number of primary amides is 1. The van der Waals surface area contributed by atoms with Crippen molar-refractivity contribution < 1.29 is 13.7 Å². The number of amides is 1. The van der Waals surface area contributed by atoms with Crippen molar-refractivity contribution in [3.05, 3.63) is 66.1 Å². The first kappa shape index (κ1) is 16.4. The van der Waals surface area contributed by atoms with E-state index in [1.807, 2.05) is 0 Å². The molecule has 1 amide bonds. The molecule has 0 saturated heterocycles. The van der Waals surface area contributed by atoms with Crippen molar-refractivity contribution in [2.45, 2.75) is 9.10 Å². The molecule has 3 aromatic rings. The summed E-state index contributed by atoms with van der Waals surface area (Å²) in [5.41, 5.74) is 5.63. The summed E-state index contributed by atoms with van der Waals surface area (Å²) in [6, 6.07) is 12.2. The van der Waals surface area contributed by atoms with Crippen molar-refractivity contribution in [1.29, 1.82) is 0 Å². The molecule has 5 nitrogen and oxygen atoms in total. The van der Waals surface area contributed by atoms with Gasteiger partial charge in [0.05, 0.1) is 5.56 Å². The van der Waals surface area contributed by atoms with E-state index in [1.165, 1.54) is 30.3 Å². The van der Waals surface area contributed by atoms with Gasteiger partial charge in [-0.25, -0.2) is 9.37 Å². The van der Waals surface area contributed by atoms with Gasteiger partial charge in [0.15, 0.2) is 4.90 Å². The van der Waals surface area contributed by atoms with Gasteiger partial charge in [0, 0.05) is 23.4 Å². The van der Waals surface area contributed by atoms with Gasteiger partial charge in [-0.05, 0) is 36.4 Å².